The number of imidazole rings is 1. The number of carbonyl (C=O) groups excluding carboxylic acids is 3. The highest BCUT2D eigenvalue weighted by molar-refractivity contribution is 9.10. The van der Waals surface area contributed by atoms with Gasteiger partial charge < -0.3 is 19.8 Å². The van der Waals surface area contributed by atoms with Crippen LogP contribution in [0.1, 0.15) is 22.6 Å². The summed E-state index contributed by atoms with van der Waals surface area (Å²) < 4.78 is 2.69. The lowest BCUT2D eigenvalue weighted by atomic mass is 9.94. The van der Waals surface area contributed by atoms with Crippen molar-refractivity contribution in [2.24, 2.45) is 5.92 Å². The average Bonchev–Trinajstić information content (AvgIpc) is 3.38. The van der Waals surface area contributed by atoms with Crippen LogP contribution in [0.25, 0.3) is 10.9 Å². The first-order valence-corrected chi connectivity index (χ1v) is 11.2. The van der Waals surface area contributed by atoms with Gasteiger partial charge in [-0.25, -0.2) is 4.98 Å². The number of carbonyl (C=O) groups is 3. The third kappa shape index (κ3) is 4.83. The van der Waals surface area contributed by atoms with E-state index in [0.717, 1.165) is 21.2 Å². The minimum Gasteiger partial charge on any atom is -0.352 e. The molecular formula is C23H24BrN5O3. The van der Waals surface area contributed by atoms with Crippen LogP contribution in [-0.4, -0.2) is 56.7 Å². The molecule has 9 heteroatoms. The number of rotatable bonds is 9. The fourth-order valence-electron chi connectivity index (χ4n) is 3.99. The van der Waals surface area contributed by atoms with Crippen LogP contribution in [0.5, 0.6) is 0 Å². The average molecular weight is 498 g/mol. The van der Waals surface area contributed by atoms with Crippen molar-refractivity contribution in [1.82, 2.24) is 24.8 Å². The fraction of sp³-hybridized carbons (Fsp3) is 0.304. The highest BCUT2D eigenvalue weighted by Crippen LogP contribution is 2.26. The van der Waals surface area contributed by atoms with E-state index in [1.54, 1.807) is 23.5 Å². The van der Waals surface area contributed by atoms with E-state index in [0.29, 0.717) is 38.0 Å². The highest BCUT2D eigenvalue weighted by Gasteiger charge is 2.30. The number of fused-ring (bicyclic) bond motifs is 1. The van der Waals surface area contributed by atoms with Crippen molar-refractivity contribution in [3.8, 4) is 0 Å². The molecule has 0 atom stereocenters. The Labute approximate surface area is 193 Å². The van der Waals surface area contributed by atoms with Crippen molar-refractivity contribution in [2.45, 2.75) is 19.4 Å². The van der Waals surface area contributed by atoms with Crippen LogP contribution < -0.4 is 5.32 Å². The van der Waals surface area contributed by atoms with Gasteiger partial charge in [0.05, 0.1) is 12.1 Å². The Balaban J connectivity index is 1.43. The lowest BCUT2D eigenvalue weighted by Crippen LogP contribution is -2.50. The number of hydrogen-bond donors (Lipinski definition) is 2. The number of Topliss-reactive ketones (excluding diaryl/α,β-unsaturated/α-hetero) is 1. The molecule has 1 aromatic carbocycles. The highest BCUT2D eigenvalue weighted by atomic mass is 79.9. The molecule has 2 N–H and O–H groups in total. The quantitative estimate of drug-likeness (QED) is 0.443. The molecule has 1 saturated heterocycles. The summed E-state index contributed by atoms with van der Waals surface area (Å²) in [6.45, 7) is 5.29. The van der Waals surface area contributed by atoms with Crippen LogP contribution >= 0.6 is 15.9 Å². The van der Waals surface area contributed by atoms with Gasteiger partial charge in [0.15, 0.2) is 5.78 Å². The molecule has 4 rings (SSSR count). The van der Waals surface area contributed by atoms with Gasteiger partial charge >= 0.3 is 0 Å². The van der Waals surface area contributed by atoms with Gasteiger partial charge in [0.25, 0.3) is 5.91 Å². The summed E-state index contributed by atoms with van der Waals surface area (Å²) in [5, 5.41) is 3.72. The Bertz CT molecular complexity index is 1160. The molecular weight excluding hydrogens is 474 g/mol. The second-order valence-corrected chi connectivity index (χ2v) is 8.85. The van der Waals surface area contributed by atoms with Crippen molar-refractivity contribution in [3.63, 3.8) is 0 Å². The molecule has 1 fully saturated rings. The predicted molar refractivity (Wildman–Crippen MR) is 124 cm³/mol. The van der Waals surface area contributed by atoms with E-state index < -0.39 is 0 Å². The number of amides is 2. The molecule has 2 amide bonds. The first-order valence-electron chi connectivity index (χ1n) is 10.4. The lowest BCUT2D eigenvalue weighted by Gasteiger charge is -2.38. The number of nitrogens with zero attached hydrogens (tertiary/aromatic N) is 3. The predicted octanol–water partition coefficient (Wildman–Crippen LogP) is 2.70. The van der Waals surface area contributed by atoms with E-state index in [2.05, 4.69) is 37.8 Å². The summed E-state index contributed by atoms with van der Waals surface area (Å²) >= 11 is 3.47. The van der Waals surface area contributed by atoms with Crippen LogP contribution in [0, 0.1) is 5.92 Å². The third-order valence-corrected chi connectivity index (χ3v) is 6.09. The van der Waals surface area contributed by atoms with Gasteiger partial charge in [-0.2, -0.15) is 0 Å². The Morgan fingerprint density at radius 2 is 2.12 bits per heavy atom. The largest absolute Gasteiger partial charge is 0.352 e. The topological polar surface area (TPSA) is 100 Å². The van der Waals surface area contributed by atoms with Gasteiger partial charge in [-0.3, -0.25) is 14.4 Å². The molecule has 2 aromatic heterocycles. The van der Waals surface area contributed by atoms with Gasteiger partial charge in [0.1, 0.15) is 5.82 Å². The fourth-order valence-corrected chi connectivity index (χ4v) is 4.35. The van der Waals surface area contributed by atoms with Gasteiger partial charge in [-0.15, -0.1) is 0 Å². The second-order valence-electron chi connectivity index (χ2n) is 7.93. The van der Waals surface area contributed by atoms with Crippen LogP contribution in [-0.2, 0) is 22.6 Å². The van der Waals surface area contributed by atoms with Crippen molar-refractivity contribution < 1.29 is 14.4 Å². The molecule has 0 radical (unpaired) electrons. The number of ketones is 1. The Morgan fingerprint density at radius 1 is 1.31 bits per heavy atom. The van der Waals surface area contributed by atoms with Gasteiger partial charge in [-0.1, -0.05) is 22.5 Å². The summed E-state index contributed by atoms with van der Waals surface area (Å²) in [7, 11) is 0. The molecule has 3 aromatic rings. The van der Waals surface area contributed by atoms with Gasteiger partial charge in [0, 0.05) is 72.4 Å². The van der Waals surface area contributed by atoms with Gasteiger partial charge in [0.2, 0.25) is 5.91 Å². The molecule has 1 aliphatic heterocycles. The summed E-state index contributed by atoms with van der Waals surface area (Å²) in [6.07, 6.45) is 7.47. The maximum absolute atomic E-state index is 12.9. The van der Waals surface area contributed by atoms with E-state index in [4.69, 9.17) is 0 Å². The molecule has 166 valence electrons. The molecule has 32 heavy (non-hydrogen) atoms. The maximum Gasteiger partial charge on any atom is 0.253 e. The summed E-state index contributed by atoms with van der Waals surface area (Å²) in [5.41, 5.74) is 1.36. The first-order chi connectivity index (χ1) is 15.4. The van der Waals surface area contributed by atoms with Crippen molar-refractivity contribution in [3.05, 3.63) is 65.3 Å². The summed E-state index contributed by atoms with van der Waals surface area (Å²) in [6, 6.07) is 5.69. The Morgan fingerprint density at radius 3 is 2.84 bits per heavy atom. The molecule has 3 heterocycles. The van der Waals surface area contributed by atoms with Crippen LogP contribution in [0.15, 0.2) is 53.9 Å². The van der Waals surface area contributed by atoms with E-state index >= 15 is 0 Å². The monoisotopic (exact) mass is 497 g/mol. The van der Waals surface area contributed by atoms with Crippen molar-refractivity contribution >= 4 is 44.4 Å². The number of halogens is 1. The van der Waals surface area contributed by atoms with Crippen LogP contribution in [0.4, 0.5) is 0 Å². The van der Waals surface area contributed by atoms with Gasteiger partial charge in [-0.05, 0) is 24.3 Å². The molecule has 0 unspecified atom stereocenters. The SMILES string of the molecule is C=CC(=O)N1CC(CC(=O)Cn2cc(C(=O)NCCc3ncc[nH]3)c3cc(Br)ccc32)C1. The molecule has 0 saturated carbocycles. The van der Waals surface area contributed by atoms with Crippen molar-refractivity contribution in [1.29, 1.82) is 0 Å². The molecule has 0 bridgehead atoms. The number of aromatic nitrogens is 3. The molecule has 0 aliphatic carbocycles. The zero-order valence-corrected chi connectivity index (χ0v) is 19.1. The smallest absolute Gasteiger partial charge is 0.253 e. The number of nitrogens with one attached hydrogen (secondary N) is 2. The van der Waals surface area contributed by atoms with E-state index in [9.17, 15) is 14.4 Å². The van der Waals surface area contributed by atoms with E-state index in [-0.39, 0.29) is 30.1 Å². The number of benzene rings is 1. The second kappa shape index (κ2) is 9.52. The summed E-state index contributed by atoms with van der Waals surface area (Å²) in [4.78, 5) is 46.0. The standard InChI is InChI=1S/C23H24BrN5O3/c1-2-22(31)29-11-15(12-29)9-17(30)13-28-14-19(18-10-16(24)3-4-20(18)28)23(32)27-6-5-21-25-7-8-26-21/h2-4,7-8,10,14-15H,1,5-6,9,11-13H2,(H,25,26)(H,27,32). The van der Waals surface area contributed by atoms with E-state index in [1.165, 1.54) is 6.08 Å². The first kappa shape index (κ1) is 22.0. The van der Waals surface area contributed by atoms with Crippen LogP contribution in [0.2, 0.25) is 0 Å². The minimum atomic E-state index is -0.191. The minimum absolute atomic E-state index is 0.0744. The maximum atomic E-state index is 12.9. The molecule has 1 aliphatic rings. The van der Waals surface area contributed by atoms with Crippen LogP contribution in [0.3, 0.4) is 0 Å². The normalized spacial score (nSPS) is 13.7. The zero-order valence-electron chi connectivity index (χ0n) is 17.5. The zero-order chi connectivity index (χ0) is 22.7. The molecule has 0 spiro atoms. The Kier molecular flexibility index (Phi) is 6.55. The molecule has 8 nitrogen and oxygen atoms in total. The number of likely N-dealkylation sites (tertiary alicyclic amines) is 1. The number of H-pyrrole nitrogens is 1. The van der Waals surface area contributed by atoms with Crippen molar-refractivity contribution in [2.75, 3.05) is 19.6 Å². The Hall–Kier alpha value is -3.20. The number of hydrogen-bond acceptors (Lipinski definition) is 4. The third-order valence-electron chi connectivity index (χ3n) is 5.60. The lowest BCUT2D eigenvalue weighted by molar-refractivity contribution is -0.134. The van der Waals surface area contributed by atoms with E-state index in [1.807, 2.05) is 22.8 Å². The summed E-state index contributed by atoms with van der Waals surface area (Å²) in [5.74, 6) is 0.768. The number of aromatic amines is 1.